The molecular weight excluding hydrogens is 420 g/mol. The van der Waals surface area contributed by atoms with Crippen LogP contribution < -0.4 is 9.64 Å². The van der Waals surface area contributed by atoms with Gasteiger partial charge in [0.25, 0.3) is 5.91 Å². The van der Waals surface area contributed by atoms with Gasteiger partial charge in [-0.3, -0.25) is 9.59 Å². The Hall–Kier alpha value is -2.16. The van der Waals surface area contributed by atoms with Crippen LogP contribution in [0.2, 0.25) is 0 Å². The summed E-state index contributed by atoms with van der Waals surface area (Å²) in [6.45, 7) is 2.55. The van der Waals surface area contributed by atoms with Gasteiger partial charge in [0.1, 0.15) is 5.75 Å². The molecule has 2 aromatic carbocycles. The van der Waals surface area contributed by atoms with Crippen molar-refractivity contribution in [2.45, 2.75) is 23.2 Å². The topological polar surface area (TPSA) is 59.1 Å². The minimum Gasteiger partial charge on any atom is -0.497 e. The lowest BCUT2D eigenvalue weighted by Crippen LogP contribution is -2.45. The summed E-state index contributed by atoms with van der Waals surface area (Å²) in [5.41, 5.74) is 1.75. The lowest BCUT2D eigenvalue weighted by atomic mass is 10.1. The number of amides is 1. The molecule has 0 aromatic heterocycles. The van der Waals surface area contributed by atoms with Gasteiger partial charge in [0.15, 0.2) is 6.10 Å². The Morgan fingerprint density at radius 2 is 1.80 bits per heavy atom. The summed E-state index contributed by atoms with van der Waals surface area (Å²) in [4.78, 5) is 30.2. The maximum atomic E-state index is 13.6. The number of fused-ring (bicyclic) bond motifs is 1. The first-order valence-corrected chi connectivity index (χ1v) is 10.3. The summed E-state index contributed by atoms with van der Waals surface area (Å²) < 4.78 is 10.8. The number of rotatable bonds is 6. The van der Waals surface area contributed by atoms with Crippen LogP contribution in [0.25, 0.3) is 0 Å². The van der Waals surface area contributed by atoms with E-state index in [1.807, 2.05) is 67.5 Å². The number of carbonyl (C=O) groups is 2. The highest BCUT2D eigenvalue weighted by Crippen LogP contribution is 2.46. The van der Waals surface area contributed by atoms with Gasteiger partial charge < -0.3 is 19.3 Å². The molecule has 0 saturated heterocycles. The Morgan fingerprint density at radius 1 is 1.13 bits per heavy atom. The largest absolute Gasteiger partial charge is 0.497 e. The standard InChI is InChI=1S/C22H26N2O4S.H2S/c1-15(25)28-20-21(16-9-11-17(27-4)12-10-16)29-19-8-6-5-7-18(19)24(22(20)26)14-13-23(2)3;/h5-12,20-21H,13-14H2,1-4H3;1H2/t20-,21+;/m1./s1. The highest BCUT2D eigenvalue weighted by atomic mass is 32.2. The number of ether oxygens (including phenoxy) is 2. The molecule has 1 amide bonds. The number of methoxy groups -OCH3 is 1. The number of esters is 1. The van der Waals surface area contributed by atoms with Crippen molar-refractivity contribution in [1.82, 2.24) is 4.90 Å². The number of para-hydroxylation sites is 1. The highest BCUT2D eigenvalue weighted by molar-refractivity contribution is 7.99. The van der Waals surface area contributed by atoms with E-state index in [9.17, 15) is 9.59 Å². The molecular formula is C22H28N2O4S2. The Labute approximate surface area is 189 Å². The van der Waals surface area contributed by atoms with Crippen LogP contribution in [-0.4, -0.2) is 57.2 Å². The van der Waals surface area contributed by atoms with E-state index in [4.69, 9.17) is 9.47 Å². The number of hydrogen-bond donors (Lipinski definition) is 0. The van der Waals surface area contributed by atoms with Crippen molar-refractivity contribution in [3.63, 3.8) is 0 Å². The van der Waals surface area contributed by atoms with Crippen molar-refractivity contribution in [1.29, 1.82) is 0 Å². The molecule has 0 spiro atoms. The Kier molecular flexibility index (Phi) is 8.64. The molecule has 6 nitrogen and oxygen atoms in total. The van der Waals surface area contributed by atoms with Crippen LogP contribution in [0, 0.1) is 0 Å². The molecule has 30 heavy (non-hydrogen) atoms. The van der Waals surface area contributed by atoms with Crippen molar-refractivity contribution in [2.75, 3.05) is 39.2 Å². The van der Waals surface area contributed by atoms with Crippen molar-refractivity contribution in [2.24, 2.45) is 0 Å². The smallest absolute Gasteiger partial charge is 0.303 e. The third kappa shape index (κ3) is 5.50. The van der Waals surface area contributed by atoms with E-state index in [-0.39, 0.29) is 24.7 Å². The maximum Gasteiger partial charge on any atom is 0.303 e. The summed E-state index contributed by atoms with van der Waals surface area (Å²) >= 11 is 1.54. The molecule has 1 aliphatic heterocycles. The van der Waals surface area contributed by atoms with Gasteiger partial charge in [-0.05, 0) is 43.9 Å². The predicted octanol–water partition coefficient (Wildman–Crippen LogP) is 3.48. The average molecular weight is 449 g/mol. The first-order chi connectivity index (χ1) is 13.9. The van der Waals surface area contributed by atoms with Crippen LogP contribution in [0.5, 0.6) is 5.75 Å². The van der Waals surface area contributed by atoms with Crippen LogP contribution in [0.3, 0.4) is 0 Å². The van der Waals surface area contributed by atoms with Crippen LogP contribution in [0.15, 0.2) is 53.4 Å². The predicted molar refractivity (Wildman–Crippen MR) is 125 cm³/mol. The molecule has 0 bridgehead atoms. The first-order valence-electron chi connectivity index (χ1n) is 9.43. The fourth-order valence-corrected chi connectivity index (χ4v) is 4.56. The monoisotopic (exact) mass is 448 g/mol. The van der Waals surface area contributed by atoms with E-state index in [0.717, 1.165) is 21.9 Å². The molecule has 0 N–H and O–H groups in total. The molecule has 1 heterocycles. The van der Waals surface area contributed by atoms with E-state index in [1.54, 1.807) is 23.8 Å². The summed E-state index contributed by atoms with van der Waals surface area (Å²) in [5, 5.41) is -0.359. The first kappa shape index (κ1) is 24.1. The zero-order chi connectivity index (χ0) is 21.0. The van der Waals surface area contributed by atoms with Gasteiger partial charge in [-0.15, -0.1) is 11.8 Å². The van der Waals surface area contributed by atoms with Crippen LogP contribution in [0.1, 0.15) is 17.7 Å². The molecule has 0 fully saturated rings. The minimum atomic E-state index is -0.916. The summed E-state index contributed by atoms with van der Waals surface area (Å²) in [6, 6.07) is 15.4. The lowest BCUT2D eigenvalue weighted by Gasteiger charge is -2.28. The second-order valence-electron chi connectivity index (χ2n) is 7.10. The van der Waals surface area contributed by atoms with Gasteiger partial charge in [-0.1, -0.05) is 24.3 Å². The van der Waals surface area contributed by atoms with E-state index < -0.39 is 12.1 Å². The van der Waals surface area contributed by atoms with Gasteiger partial charge in [0.05, 0.1) is 18.0 Å². The number of benzene rings is 2. The van der Waals surface area contributed by atoms with Gasteiger partial charge in [0.2, 0.25) is 0 Å². The molecule has 8 heteroatoms. The molecule has 0 aliphatic carbocycles. The maximum absolute atomic E-state index is 13.6. The van der Waals surface area contributed by atoms with Crippen LogP contribution in [0.4, 0.5) is 5.69 Å². The minimum absolute atomic E-state index is 0. The molecule has 0 radical (unpaired) electrons. The third-order valence-electron chi connectivity index (χ3n) is 4.70. The van der Waals surface area contributed by atoms with Gasteiger partial charge in [-0.2, -0.15) is 13.5 Å². The van der Waals surface area contributed by atoms with Gasteiger partial charge in [-0.25, -0.2) is 0 Å². The summed E-state index contributed by atoms with van der Waals surface area (Å²) in [5.74, 6) is 0.0528. The van der Waals surface area contributed by atoms with Crippen molar-refractivity contribution >= 4 is 42.8 Å². The normalized spacial score (nSPS) is 18.3. The fraction of sp³-hybridized carbons (Fsp3) is 0.364. The Morgan fingerprint density at radius 3 is 2.40 bits per heavy atom. The van der Waals surface area contributed by atoms with E-state index in [0.29, 0.717) is 13.1 Å². The highest BCUT2D eigenvalue weighted by Gasteiger charge is 2.40. The zero-order valence-corrected chi connectivity index (χ0v) is 19.4. The fourth-order valence-electron chi connectivity index (χ4n) is 3.24. The van der Waals surface area contributed by atoms with Crippen molar-refractivity contribution in [3.05, 3.63) is 54.1 Å². The van der Waals surface area contributed by atoms with E-state index >= 15 is 0 Å². The molecule has 0 saturated carbocycles. The third-order valence-corrected chi connectivity index (χ3v) is 6.07. The van der Waals surface area contributed by atoms with Crippen molar-refractivity contribution in [3.8, 4) is 5.75 Å². The number of nitrogens with zero attached hydrogens (tertiary/aromatic N) is 2. The zero-order valence-electron chi connectivity index (χ0n) is 17.6. The van der Waals surface area contributed by atoms with Crippen LogP contribution >= 0.6 is 25.3 Å². The summed E-state index contributed by atoms with van der Waals surface area (Å²) in [6.07, 6.45) is -0.916. The quantitative estimate of drug-likeness (QED) is 0.631. The second-order valence-corrected chi connectivity index (χ2v) is 8.29. The molecule has 0 unspecified atom stereocenters. The Bertz CT molecular complexity index is 874. The molecule has 2 atom stereocenters. The molecule has 3 rings (SSSR count). The Balaban J connectivity index is 0.00000320. The molecule has 162 valence electrons. The number of thioether (sulfide) groups is 1. The van der Waals surface area contributed by atoms with E-state index in [1.165, 1.54) is 6.92 Å². The lowest BCUT2D eigenvalue weighted by molar-refractivity contribution is -0.152. The molecule has 1 aliphatic rings. The van der Waals surface area contributed by atoms with Gasteiger partial charge in [0, 0.05) is 24.9 Å². The average Bonchev–Trinajstić information content (AvgIpc) is 2.81. The van der Waals surface area contributed by atoms with Crippen molar-refractivity contribution < 1.29 is 19.1 Å². The van der Waals surface area contributed by atoms with Gasteiger partial charge >= 0.3 is 5.97 Å². The SMILES string of the molecule is COc1ccc([C@@H]2Sc3ccccc3N(CCN(C)C)C(=O)[C@@H]2OC(C)=O)cc1.S. The van der Waals surface area contributed by atoms with E-state index in [2.05, 4.69) is 0 Å². The number of hydrogen-bond acceptors (Lipinski definition) is 6. The number of carbonyl (C=O) groups excluding carboxylic acids is 2. The molecule has 2 aromatic rings. The second kappa shape index (κ2) is 10.7. The van der Waals surface area contributed by atoms with Crippen LogP contribution in [-0.2, 0) is 14.3 Å². The summed E-state index contributed by atoms with van der Waals surface area (Å²) in [7, 11) is 5.54. The number of likely N-dealkylation sites (N-methyl/N-ethyl adjacent to an activating group) is 1. The number of anilines is 1.